The summed E-state index contributed by atoms with van der Waals surface area (Å²) in [5, 5.41) is 3.02. The Hall–Kier alpha value is -0.690. The van der Waals surface area contributed by atoms with Gasteiger partial charge in [-0.1, -0.05) is 0 Å². The zero-order valence-corrected chi connectivity index (χ0v) is 10.4. The van der Waals surface area contributed by atoms with Crippen LogP contribution in [-0.2, 0) is 9.47 Å². The van der Waals surface area contributed by atoms with Crippen molar-refractivity contribution in [1.82, 2.24) is 15.0 Å². The van der Waals surface area contributed by atoms with Crippen molar-refractivity contribution < 1.29 is 9.47 Å². The van der Waals surface area contributed by atoms with Crippen LogP contribution in [0.15, 0.2) is 0 Å². The highest BCUT2D eigenvalue weighted by Crippen LogP contribution is 2.09. The molecular formula is C8H12Cl2N4O2. The lowest BCUT2D eigenvalue weighted by atomic mass is 10.4. The predicted molar refractivity (Wildman–Crippen MR) is 61.0 cm³/mol. The van der Waals surface area contributed by atoms with Gasteiger partial charge < -0.3 is 14.8 Å². The van der Waals surface area contributed by atoms with E-state index in [0.29, 0.717) is 19.1 Å². The topological polar surface area (TPSA) is 69.2 Å². The van der Waals surface area contributed by atoms with Crippen LogP contribution in [0.2, 0.25) is 10.6 Å². The van der Waals surface area contributed by atoms with Gasteiger partial charge in [-0.05, 0) is 23.2 Å². The minimum atomic E-state index is -0.0979. The van der Waals surface area contributed by atoms with Crippen molar-refractivity contribution in [2.24, 2.45) is 0 Å². The third kappa shape index (κ3) is 4.44. The van der Waals surface area contributed by atoms with Crippen LogP contribution in [0.1, 0.15) is 0 Å². The number of methoxy groups -OCH3 is 2. The normalized spacial score (nSPS) is 12.5. The van der Waals surface area contributed by atoms with E-state index in [1.54, 1.807) is 14.2 Å². The maximum Gasteiger partial charge on any atom is 0.228 e. The molecule has 0 fully saturated rings. The number of hydrogen-bond donors (Lipinski definition) is 1. The van der Waals surface area contributed by atoms with E-state index in [4.69, 9.17) is 32.7 Å². The monoisotopic (exact) mass is 266 g/mol. The molecule has 0 aliphatic rings. The Morgan fingerprint density at radius 1 is 1.19 bits per heavy atom. The number of nitrogens with one attached hydrogen (secondary N) is 1. The molecular weight excluding hydrogens is 255 g/mol. The number of ether oxygens (including phenoxy) is 2. The summed E-state index contributed by atoms with van der Waals surface area (Å²) >= 11 is 11.2. The highest BCUT2D eigenvalue weighted by molar-refractivity contribution is 6.31. The maximum absolute atomic E-state index is 5.62. The molecule has 0 aliphatic carbocycles. The van der Waals surface area contributed by atoms with E-state index < -0.39 is 0 Å². The van der Waals surface area contributed by atoms with Gasteiger partial charge in [-0.3, -0.25) is 0 Å². The minimum absolute atomic E-state index is 0.0446. The summed E-state index contributed by atoms with van der Waals surface area (Å²) < 4.78 is 10.1. The second kappa shape index (κ2) is 6.80. The lowest BCUT2D eigenvalue weighted by Gasteiger charge is -2.14. The molecule has 1 aromatic heterocycles. The van der Waals surface area contributed by atoms with Gasteiger partial charge in [0.1, 0.15) is 0 Å². The van der Waals surface area contributed by atoms with Crippen molar-refractivity contribution >= 4 is 29.2 Å². The van der Waals surface area contributed by atoms with Crippen molar-refractivity contribution in [1.29, 1.82) is 0 Å². The first-order valence-corrected chi connectivity index (χ1v) is 5.24. The van der Waals surface area contributed by atoms with Crippen LogP contribution >= 0.6 is 23.2 Å². The number of aromatic nitrogens is 3. The smallest absolute Gasteiger partial charge is 0.228 e. The van der Waals surface area contributed by atoms with Crippen LogP contribution in [0, 0.1) is 0 Å². The molecule has 0 bridgehead atoms. The predicted octanol–water partition coefficient (Wildman–Crippen LogP) is 1.25. The molecule has 1 aromatic rings. The number of halogens is 2. The van der Waals surface area contributed by atoms with E-state index in [2.05, 4.69) is 20.3 Å². The Bertz CT molecular complexity index is 320. The highest BCUT2D eigenvalue weighted by atomic mass is 35.5. The fraction of sp³-hybridized carbons (Fsp3) is 0.625. The molecule has 8 heteroatoms. The summed E-state index contributed by atoms with van der Waals surface area (Å²) in [7, 11) is 3.20. The summed E-state index contributed by atoms with van der Waals surface area (Å²) in [6, 6.07) is 0. The molecule has 0 saturated carbocycles. The van der Waals surface area contributed by atoms with Gasteiger partial charge in [0.05, 0.1) is 12.7 Å². The zero-order chi connectivity index (χ0) is 12.0. The molecule has 90 valence electrons. The molecule has 6 nitrogen and oxygen atoms in total. The Balaban J connectivity index is 2.52. The van der Waals surface area contributed by atoms with E-state index >= 15 is 0 Å². The van der Waals surface area contributed by atoms with E-state index in [9.17, 15) is 0 Å². The van der Waals surface area contributed by atoms with Crippen LogP contribution in [-0.4, -0.2) is 48.4 Å². The minimum Gasteiger partial charge on any atom is -0.382 e. The third-order valence-electron chi connectivity index (χ3n) is 1.75. The molecule has 0 saturated heterocycles. The van der Waals surface area contributed by atoms with Crippen LogP contribution in [0.25, 0.3) is 0 Å². The molecule has 1 rings (SSSR count). The quantitative estimate of drug-likeness (QED) is 0.836. The standard InChI is InChI=1S/C8H12Cl2N4O2/c1-15-4-5(16-2)3-11-8-13-6(9)12-7(10)14-8/h5H,3-4H2,1-2H3,(H,11,12,13,14). The molecule has 16 heavy (non-hydrogen) atoms. The van der Waals surface area contributed by atoms with Crippen molar-refractivity contribution in [3.05, 3.63) is 10.6 Å². The Labute approximate surface area is 103 Å². The fourth-order valence-corrected chi connectivity index (χ4v) is 1.37. The van der Waals surface area contributed by atoms with Gasteiger partial charge in [0.25, 0.3) is 0 Å². The first-order valence-electron chi connectivity index (χ1n) is 4.48. The summed E-state index contributed by atoms with van der Waals surface area (Å²) in [4.78, 5) is 11.3. The van der Waals surface area contributed by atoms with Crippen LogP contribution in [0.4, 0.5) is 5.95 Å². The second-order valence-electron chi connectivity index (χ2n) is 2.89. The van der Waals surface area contributed by atoms with Crippen molar-refractivity contribution in [3.8, 4) is 0 Å². The molecule has 0 amide bonds. The molecule has 1 N–H and O–H groups in total. The summed E-state index contributed by atoms with van der Waals surface area (Å²) in [5.41, 5.74) is 0. The summed E-state index contributed by atoms with van der Waals surface area (Å²) in [6.45, 7) is 0.955. The maximum atomic E-state index is 5.62. The Kier molecular flexibility index (Phi) is 5.68. The highest BCUT2D eigenvalue weighted by Gasteiger charge is 2.08. The Morgan fingerprint density at radius 3 is 2.31 bits per heavy atom. The molecule has 0 aliphatic heterocycles. The molecule has 1 unspecified atom stereocenters. The number of hydrogen-bond acceptors (Lipinski definition) is 6. The fourth-order valence-electron chi connectivity index (χ4n) is 1.01. The summed E-state index contributed by atoms with van der Waals surface area (Å²) in [5.74, 6) is 0.308. The zero-order valence-electron chi connectivity index (χ0n) is 8.91. The van der Waals surface area contributed by atoms with E-state index in [1.165, 1.54) is 0 Å². The van der Waals surface area contributed by atoms with Crippen LogP contribution in [0.3, 0.4) is 0 Å². The summed E-state index contributed by atoms with van der Waals surface area (Å²) in [6.07, 6.45) is -0.0979. The number of nitrogens with zero attached hydrogens (tertiary/aromatic N) is 3. The number of anilines is 1. The van der Waals surface area contributed by atoms with Gasteiger partial charge in [-0.25, -0.2) is 0 Å². The van der Waals surface area contributed by atoms with Gasteiger partial charge in [0, 0.05) is 20.8 Å². The molecule has 0 spiro atoms. The second-order valence-corrected chi connectivity index (χ2v) is 3.57. The van der Waals surface area contributed by atoms with Gasteiger partial charge in [-0.2, -0.15) is 15.0 Å². The van der Waals surface area contributed by atoms with E-state index in [-0.39, 0.29) is 16.7 Å². The van der Waals surface area contributed by atoms with Gasteiger partial charge in [-0.15, -0.1) is 0 Å². The molecule has 0 radical (unpaired) electrons. The first kappa shape index (κ1) is 13.4. The Morgan fingerprint density at radius 2 is 1.81 bits per heavy atom. The SMILES string of the molecule is COCC(CNc1nc(Cl)nc(Cl)n1)OC. The van der Waals surface area contributed by atoms with E-state index in [1.807, 2.05) is 0 Å². The van der Waals surface area contributed by atoms with Crippen molar-refractivity contribution in [2.75, 3.05) is 32.7 Å². The largest absolute Gasteiger partial charge is 0.382 e. The van der Waals surface area contributed by atoms with Gasteiger partial charge in [0.2, 0.25) is 16.5 Å². The lowest BCUT2D eigenvalue weighted by molar-refractivity contribution is 0.0365. The average Bonchev–Trinajstić information content (AvgIpc) is 2.23. The molecule has 1 atom stereocenters. The average molecular weight is 267 g/mol. The molecule has 1 heterocycles. The number of rotatable bonds is 6. The molecule has 0 aromatic carbocycles. The van der Waals surface area contributed by atoms with Crippen molar-refractivity contribution in [2.45, 2.75) is 6.10 Å². The van der Waals surface area contributed by atoms with Crippen molar-refractivity contribution in [3.63, 3.8) is 0 Å². The van der Waals surface area contributed by atoms with E-state index in [0.717, 1.165) is 0 Å². The van der Waals surface area contributed by atoms with Crippen LogP contribution in [0.5, 0.6) is 0 Å². The van der Waals surface area contributed by atoms with Gasteiger partial charge in [0.15, 0.2) is 0 Å². The van der Waals surface area contributed by atoms with Gasteiger partial charge >= 0.3 is 0 Å². The third-order valence-corrected chi connectivity index (χ3v) is 2.09. The lowest BCUT2D eigenvalue weighted by Crippen LogP contribution is -2.27. The first-order chi connectivity index (χ1) is 7.65. The van der Waals surface area contributed by atoms with Crippen LogP contribution < -0.4 is 5.32 Å².